The Balaban J connectivity index is 2.16. The second-order valence-electron chi connectivity index (χ2n) is 3.22. The van der Waals surface area contributed by atoms with Crippen molar-refractivity contribution in [2.45, 2.75) is 25.1 Å². The maximum Gasteiger partial charge on any atom is 0.401 e. The van der Waals surface area contributed by atoms with Crippen molar-refractivity contribution in [3.05, 3.63) is 0 Å². The zero-order valence-corrected chi connectivity index (χ0v) is 8.04. The molecular weight excluding hydrogens is 201 g/mol. The van der Waals surface area contributed by atoms with E-state index in [0.29, 0.717) is 0 Å². The number of hydrogen-bond donors (Lipinski definition) is 2. The first-order valence-corrected chi connectivity index (χ1v) is 4.61. The molecule has 0 aromatic heterocycles. The lowest BCUT2D eigenvalue weighted by molar-refractivity contribution is -0.126. The fourth-order valence-electron chi connectivity index (χ4n) is 1.33. The van der Waals surface area contributed by atoms with E-state index < -0.39 is 12.7 Å². The smallest absolute Gasteiger partial charge is 0.306 e. The molecule has 6 heteroatoms. The standard InChI is InChI=1S/C7H13F3N2S/c8-7(9,10)5-11-6-1-3-12(13)4-2-6/h6,11,13H,1-5H2. The van der Waals surface area contributed by atoms with Gasteiger partial charge in [0, 0.05) is 19.1 Å². The van der Waals surface area contributed by atoms with E-state index in [1.807, 2.05) is 4.31 Å². The third-order valence-corrected chi connectivity index (χ3v) is 2.46. The van der Waals surface area contributed by atoms with Crippen molar-refractivity contribution in [3.63, 3.8) is 0 Å². The number of rotatable bonds is 2. The van der Waals surface area contributed by atoms with Crippen LogP contribution in [0.2, 0.25) is 0 Å². The Morgan fingerprint density at radius 2 is 1.85 bits per heavy atom. The van der Waals surface area contributed by atoms with E-state index in [-0.39, 0.29) is 6.04 Å². The Morgan fingerprint density at radius 1 is 1.31 bits per heavy atom. The van der Waals surface area contributed by atoms with Crippen molar-refractivity contribution < 1.29 is 13.2 Å². The van der Waals surface area contributed by atoms with Crippen LogP contribution in [0.1, 0.15) is 12.8 Å². The fraction of sp³-hybridized carbons (Fsp3) is 1.00. The predicted octanol–water partition coefficient (Wildman–Crippen LogP) is 1.45. The van der Waals surface area contributed by atoms with Crippen LogP contribution in [0.3, 0.4) is 0 Å². The number of thiol groups is 1. The molecule has 1 aliphatic rings. The van der Waals surface area contributed by atoms with E-state index in [4.69, 9.17) is 0 Å². The molecule has 1 aliphatic heterocycles. The maximum atomic E-state index is 11.8. The minimum atomic E-state index is -4.10. The number of halogens is 3. The summed E-state index contributed by atoms with van der Waals surface area (Å²) < 4.78 is 37.2. The third-order valence-electron chi connectivity index (χ3n) is 2.06. The zero-order chi connectivity index (χ0) is 9.90. The van der Waals surface area contributed by atoms with Crippen LogP contribution in [0, 0.1) is 0 Å². The van der Waals surface area contributed by atoms with Crippen molar-refractivity contribution in [1.82, 2.24) is 9.62 Å². The average molecular weight is 214 g/mol. The predicted molar refractivity (Wildman–Crippen MR) is 47.6 cm³/mol. The minimum Gasteiger partial charge on any atom is -0.306 e. The van der Waals surface area contributed by atoms with Crippen LogP contribution in [0.5, 0.6) is 0 Å². The minimum absolute atomic E-state index is 0.00924. The number of nitrogens with one attached hydrogen (secondary N) is 1. The fourth-order valence-corrected chi connectivity index (χ4v) is 1.56. The normalized spacial score (nSPS) is 22.2. The topological polar surface area (TPSA) is 15.3 Å². The third kappa shape index (κ3) is 4.73. The Hall–Kier alpha value is 0.0600. The van der Waals surface area contributed by atoms with Crippen molar-refractivity contribution in [3.8, 4) is 0 Å². The summed E-state index contributed by atoms with van der Waals surface area (Å²) in [5.74, 6) is 0. The van der Waals surface area contributed by atoms with E-state index in [9.17, 15) is 13.2 Å². The van der Waals surface area contributed by atoms with Gasteiger partial charge in [0.1, 0.15) is 0 Å². The molecule has 78 valence electrons. The molecule has 0 aromatic carbocycles. The maximum absolute atomic E-state index is 11.8. The molecule has 1 rings (SSSR count). The number of alkyl halides is 3. The highest BCUT2D eigenvalue weighted by Gasteiger charge is 2.28. The number of piperidine rings is 1. The summed E-state index contributed by atoms with van der Waals surface area (Å²) in [7, 11) is 0. The van der Waals surface area contributed by atoms with Crippen molar-refractivity contribution in [2.75, 3.05) is 19.6 Å². The highest BCUT2D eigenvalue weighted by molar-refractivity contribution is 7.77. The first-order valence-electron chi connectivity index (χ1n) is 4.21. The molecule has 13 heavy (non-hydrogen) atoms. The molecule has 2 nitrogen and oxygen atoms in total. The van der Waals surface area contributed by atoms with Crippen LogP contribution in [-0.4, -0.2) is 36.2 Å². The highest BCUT2D eigenvalue weighted by Crippen LogP contribution is 2.16. The summed E-state index contributed by atoms with van der Waals surface area (Å²) in [4.78, 5) is 0. The first-order chi connectivity index (χ1) is 5.97. The summed E-state index contributed by atoms with van der Waals surface area (Å²) in [5, 5.41) is 2.50. The molecule has 0 spiro atoms. The monoisotopic (exact) mass is 214 g/mol. The molecule has 0 atom stereocenters. The number of hydrogen-bond acceptors (Lipinski definition) is 3. The largest absolute Gasteiger partial charge is 0.401 e. The van der Waals surface area contributed by atoms with Crippen LogP contribution < -0.4 is 5.32 Å². The van der Waals surface area contributed by atoms with Gasteiger partial charge in [-0.2, -0.15) is 13.2 Å². The molecule has 0 aromatic rings. The van der Waals surface area contributed by atoms with E-state index in [1.165, 1.54) is 0 Å². The molecule has 0 unspecified atom stereocenters. The SMILES string of the molecule is FC(F)(F)CNC1CCN(S)CC1. The van der Waals surface area contributed by atoms with Gasteiger partial charge in [0.25, 0.3) is 0 Å². The molecule has 1 fully saturated rings. The Bertz CT molecular complexity index is 154. The summed E-state index contributed by atoms with van der Waals surface area (Å²) >= 11 is 4.11. The van der Waals surface area contributed by atoms with Gasteiger partial charge in [0.15, 0.2) is 0 Å². The van der Waals surface area contributed by atoms with Gasteiger partial charge in [-0.25, -0.2) is 0 Å². The molecule has 1 heterocycles. The Morgan fingerprint density at radius 3 is 2.31 bits per heavy atom. The van der Waals surface area contributed by atoms with Crippen LogP contribution >= 0.6 is 12.8 Å². The molecule has 0 amide bonds. The lowest BCUT2D eigenvalue weighted by Crippen LogP contribution is -2.42. The summed E-state index contributed by atoms with van der Waals surface area (Å²) in [6.07, 6.45) is -2.63. The van der Waals surface area contributed by atoms with Crippen molar-refractivity contribution >= 4 is 12.8 Å². The Kier molecular flexibility index (Phi) is 3.87. The average Bonchev–Trinajstić information content (AvgIpc) is 2.02. The lowest BCUT2D eigenvalue weighted by atomic mass is 10.1. The molecule has 1 N–H and O–H groups in total. The molecule has 0 aliphatic carbocycles. The molecule has 1 saturated heterocycles. The second kappa shape index (κ2) is 4.52. The molecule has 0 bridgehead atoms. The van der Waals surface area contributed by atoms with E-state index >= 15 is 0 Å². The van der Waals surface area contributed by atoms with Gasteiger partial charge < -0.3 is 5.32 Å². The van der Waals surface area contributed by atoms with E-state index in [2.05, 4.69) is 18.1 Å². The van der Waals surface area contributed by atoms with Gasteiger partial charge >= 0.3 is 6.18 Å². The van der Waals surface area contributed by atoms with Crippen LogP contribution in [0.15, 0.2) is 0 Å². The van der Waals surface area contributed by atoms with Crippen LogP contribution in [0.4, 0.5) is 13.2 Å². The highest BCUT2D eigenvalue weighted by atomic mass is 32.1. The van der Waals surface area contributed by atoms with Gasteiger partial charge in [-0.3, -0.25) is 4.31 Å². The molecule has 0 radical (unpaired) electrons. The van der Waals surface area contributed by atoms with Crippen molar-refractivity contribution in [2.24, 2.45) is 0 Å². The van der Waals surface area contributed by atoms with Gasteiger partial charge in [-0.1, -0.05) is 12.8 Å². The van der Waals surface area contributed by atoms with Gasteiger partial charge in [0.2, 0.25) is 0 Å². The lowest BCUT2D eigenvalue weighted by Gasteiger charge is -2.28. The first kappa shape index (κ1) is 11.1. The molecule has 0 saturated carbocycles. The molecular formula is C7H13F3N2S. The van der Waals surface area contributed by atoms with Gasteiger partial charge in [0.05, 0.1) is 6.54 Å². The van der Waals surface area contributed by atoms with Gasteiger partial charge in [-0.15, -0.1) is 0 Å². The number of nitrogens with zero attached hydrogens (tertiary/aromatic N) is 1. The summed E-state index contributed by atoms with van der Waals surface area (Å²) in [6.45, 7) is 0.613. The Labute approximate surface area is 81.0 Å². The van der Waals surface area contributed by atoms with Crippen LogP contribution in [0.25, 0.3) is 0 Å². The van der Waals surface area contributed by atoms with Crippen LogP contribution in [-0.2, 0) is 0 Å². The van der Waals surface area contributed by atoms with Gasteiger partial charge in [-0.05, 0) is 12.8 Å². The zero-order valence-electron chi connectivity index (χ0n) is 7.14. The summed E-state index contributed by atoms with van der Waals surface area (Å²) in [6, 6.07) is -0.00924. The quantitative estimate of drug-likeness (QED) is 0.676. The van der Waals surface area contributed by atoms with E-state index in [0.717, 1.165) is 25.9 Å². The van der Waals surface area contributed by atoms with E-state index in [1.54, 1.807) is 0 Å². The van der Waals surface area contributed by atoms with Crippen molar-refractivity contribution in [1.29, 1.82) is 0 Å². The summed E-state index contributed by atoms with van der Waals surface area (Å²) in [5.41, 5.74) is 0. The second-order valence-corrected chi connectivity index (χ2v) is 3.79.